The van der Waals surface area contributed by atoms with Crippen LogP contribution in [-0.2, 0) is 14.3 Å². The van der Waals surface area contributed by atoms with Gasteiger partial charge in [-0.15, -0.1) is 0 Å². The van der Waals surface area contributed by atoms with E-state index in [1.54, 1.807) is 42.5 Å². The molecular formula is C21H20N2O4. The van der Waals surface area contributed by atoms with Gasteiger partial charge in [0.25, 0.3) is 5.91 Å². The van der Waals surface area contributed by atoms with Crippen molar-refractivity contribution in [2.75, 3.05) is 12.4 Å². The lowest BCUT2D eigenvalue weighted by molar-refractivity contribution is -0.148. The van der Waals surface area contributed by atoms with E-state index in [-0.39, 0.29) is 0 Å². The SMILES string of the molecule is COc1ccc(C)cc1NC(=O)[C@H](C)OC(=O)/C=C/c1ccc(C#N)cc1. The lowest BCUT2D eigenvalue weighted by atomic mass is 10.1. The molecule has 2 aromatic carbocycles. The van der Waals surface area contributed by atoms with Gasteiger partial charge in [-0.25, -0.2) is 4.79 Å². The number of ether oxygens (including phenoxy) is 2. The molecule has 0 spiro atoms. The molecule has 0 aliphatic heterocycles. The molecule has 0 radical (unpaired) electrons. The molecule has 6 heteroatoms. The van der Waals surface area contributed by atoms with Gasteiger partial charge in [0.2, 0.25) is 0 Å². The minimum absolute atomic E-state index is 0.459. The van der Waals surface area contributed by atoms with Crippen LogP contribution in [-0.4, -0.2) is 25.1 Å². The number of benzene rings is 2. The minimum atomic E-state index is -0.978. The van der Waals surface area contributed by atoms with Crippen LogP contribution in [0.15, 0.2) is 48.5 Å². The summed E-state index contributed by atoms with van der Waals surface area (Å²) in [4.78, 5) is 24.2. The van der Waals surface area contributed by atoms with Crippen molar-refractivity contribution in [2.45, 2.75) is 20.0 Å². The number of rotatable bonds is 6. The Morgan fingerprint density at radius 2 is 1.89 bits per heavy atom. The zero-order valence-electron chi connectivity index (χ0n) is 15.4. The van der Waals surface area contributed by atoms with E-state index in [4.69, 9.17) is 14.7 Å². The van der Waals surface area contributed by atoms with Crippen molar-refractivity contribution >= 4 is 23.6 Å². The molecule has 1 atom stereocenters. The molecule has 2 rings (SSSR count). The fraction of sp³-hybridized carbons (Fsp3) is 0.190. The van der Waals surface area contributed by atoms with Crippen LogP contribution in [0.5, 0.6) is 5.75 Å². The fourth-order valence-corrected chi connectivity index (χ4v) is 2.25. The van der Waals surface area contributed by atoms with Gasteiger partial charge in [-0.1, -0.05) is 18.2 Å². The molecule has 138 valence electrons. The van der Waals surface area contributed by atoms with Gasteiger partial charge < -0.3 is 14.8 Å². The molecular weight excluding hydrogens is 344 g/mol. The second-order valence-electron chi connectivity index (χ2n) is 5.84. The molecule has 0 saturated carbocycles. The number of nitrogens with one attached hydrogen (secondary N) is 1. The first-order valence-corrected chi connectivity index (χ1v) is 8.27. The lowest BCUT2D eigenvalue weighted by Crippen LogP contribution is -2.29. The van der Waals surface area contributed by atoms with Gasteiger partial charge in [-0.05, 0) is 55.3 Å². The highest BCUT2D eigenvalue weighted by atomic mass is 16.5. The first kappa shape index (κ1) is 19.7. The number of amides is 1. The maximum atomic E-state index is 12.3. The Bertz CT molecular complexity index is 895. The summed E-state index contributed by atoms with van der Waals surface area (Å²) < 4.78 is 10.3. The molecule has 0 bridgehead atoms. The molecule has 1 N–H and O–H groups in total. The summed E-state index contributed by atoms with van der Waals surface area (Å²) in [6.07, 6.45) is 1.81. The van der Waals surface area contributed by atoms with E-state index in [9.17, 15) is 9.59 Å². The number of carbonyl (C=O) groups excluding carboxylic acids is 2. The lowest BCUT2D eigenvalue weighted by Gasteiger charge is -2.15. The third kappa shape index (κ3) is 5.72. The van der Waals surface area contributed by atoms with Crippen molar-refractivity contribution in [1.29, 1.82) is 5.26 Å². The van der Waals surface area contributed by atoms with E-state index in [1.165, 1.54) is 20.1 Å². The normalized spacial score (nSPS) is 11.5. The minimum Gasteiger partial charge on any atom is -0.495 e. The Labute approximate surface area is 158 Å². The molecule has 0 aromatic heterocycles. The summed E-state index contributed by atoms with van der Waals surface area (Å²) >= 11 is 0. The highest BCUT2D eigenvalue weighted by Gasteiger charge is 2.18. The standard InChI is InChI=1S/C21H20N2O4/c1-14-4-10-19(26-3)18(12-14)23-21(25)15(2)27-20(24)11-9-16-5-7-17(13-22)8-6-16/h4-12,15H,1-3H3,(H,23,25)/b11-9+/t15-/m0/s1. The van der Waals surface area contributed by atoms with Crippen molar-refractivity contribution in [3.05, 3.63) is 65.2 Å². The quantitative estimate of drug-likeness (QED) is 0.626. The van der Waals surface area contributed by atoms with Crippen LogP contribution < -0.4 is 10.1 Å². The zero-order chi connectivity index (χ0) is 19.8. The molecule has 2 aromatic rings. The van der Waals surface area contributed by atoms with E-state index in [0.717, 1.165) is 11.1 Å². The van der Waals surface area contributed by atoms with Crippen LogP contribution in [0.3, 0.4) is 0 Å². The third-order valence-corrected chi connectivity index (χ3v) is 3.73. The van der Waals surface area contributed by atoms with E-state index >= 15 is 0 Å². The largest absolute Gasteiger partial charge is 0.495 e. The molecule has 0 saturated heterocycles. The van der Waals surface area contributed by atoms with Crippen LogP contribution in [0.2, 0.25) is 0 Å². The van der Waals surface area contributed by atoms with Crippen molar-refractivity contribution < 1.29 is 19.1 Å². The molecule has 0 unspecified atom stereocenters. The third-order valence-electron chi connectivity index (χ3n) is 3.73. The summed E-state index contributed by atoms with van der Waals surface area (Å²) in [5.74, 6) is -0.578. The van der Waals surface area contributed by atoms with Crippen molar-refractivity contribution in [3.63, 3.8) is 0 Å². The average Bonchev–Trinajstić information content (AvgIpc) is 2.67. The summed E-state index contributed by atoms with van der Waals surface area (Å²) in [6, 6.07) is 14.1. The maximum absolute atomic E-state index is 12.3. The predicted molar refractivity (Wildman–Crippen MR) is 102 cm³/mol. The highest BCUT2D eigenvalue weighted by Crippen LogP contribution is 2.25. The highest BCUT2D eigenvalue weighted by molar-refractivity contribution is 5.97. The van der Waals surface area contributed by atoms with E-state index in [2.05, 4.69) is 5.32 Å². The Hall–Kier alpha value is -3.59. The van der Waals surface area contributed by atoms with Gasteiger partial charge in [-0.3, -0.25) is 4.79 Å². The molecule has 1 amide bonds. The topological polar surface area (TPSA) is 88.4 Å². The summed E-state index contributed by atoms with van der Waals surface area (Å²) in [7, 11) is 1.51. The van der Waals surface area contributed by atoms with Gasteiger partial charge in [0.15, 0.2) is 6.10 Å². The predicted octanol–water partition coefficient (Wildman–Crippen LogP) is 3.46. The van der Waals surface area contributed by atoms with Gasteiger partial charge in [0.1, 0.15) is 5.75 Å². The molecule has 0 fully saturated rings. The number of carbonyl (C=O) groups is 2. The molecule has 0 heterocycles. The second kappa shape index (κ2) is 9.20. The second-order valence-corrected chi connectivity index (χ2v) is 5.84. The summed E-state index contributed by atoms with van der Waals surface area (Å²) in [5.41, 5.74) is 2.75. The van der Waals surface area contributed by atoms with Gasteiger partial charge in [-0.2, -0.15) is 5.26 Å². The van der Waals surface area contributed by atoms with Crippen LogP contribution >= 0.6 is 0 Å². The Balaban J connectivity index is 1.95. The Morgan fingerprint density at radius 3 is 2.52 bits per heavy atom. The van der Waals surface area contributed by atoms with E-state index < -0.39 is 18.0 Å². The average molecular weight is 364 g/mol. The fourth-order valence-electron chi connectivity index (χ4n) is 2.25. The summed E-state index contributed by atoms with van der Waals surface area (Å²) in [6.45, 7) is 3.39. The van der Waals surface area contributed by atoms with Gasteiger partial charge in [0, 0.05) is 6.08 Å². The monoisotopic (exact) mass is 364 g/mol. The first-order valence-electron chi connectivity index (χ1n) is 8.27. The zero-order valence-corrected chi connectivity index (χ0v) is 15.4. The number of hydrogen-bond donors (Lipinski definition) is 1. The first-order chi connectivity index (χ1) is 12.9. The molecule has 0 aliphatic rings. The van der Waals surface area contributed by atoms with Crippen LogP contribution in [0.25, 0.3) is 6.08 Å². The number of methoxy groups -OCH3 is 1. The number of aryl methyl sites for hydroxylation is 1. The van der Waals surface area contributed by atoms with Crippen LogP contribution in [0.1, 0.15) is 23.6 Å². The van der Waals surface area contributed by atoms with Gasteiger partial charge >= 0.3 is 5.97 Å². The Morgan fingerprint density at radius 1 is 1.19 bits per heavy atom. The molecule has 6 nitrogen and oxygen atoms in total. The summed E-state index contributed by atoms with van der Waals surface area (Å²) in [5, 5.41) is 11.5. The van der Waals surface area contributed by atoms with Crippen molar-refractivity contribution in [2.24, 2.45) is 0 Å². The van der Waals surface area contributed by atoms with Crippen LogP contribution in [0, 0.1) is 18.3 Å². The van der Waals surface area contributed by atoms with Crippen LogP contribution in [0.4, 0.5) is 5.69 Å². The van der Waals surface area contributed by atoms with Crippen molar-refractivity contribution in [3.8, 4) is 11.8 Å². The smallest absolute Gasteiger partial charge is 0.331 e. The number of nitriles is 1. The van der Waals surface area contributed by atoms with Gasteiger partial charge in [0.05, 0.1) is 24.4 Å². The molecule has 0 aliphatic carbocycles. The Kier molecular flexibility index (Phi) is 6.73. The number of esters is 1. The number of nitrogens with zero attached hydrogens (tertiary/aromatic N) is 1. The van der Waals surface area contributed by atoms with Crippen molar-refractivity contribution in [1.82, 2.24) is 0 Å². The van der Waals surface area contributed by atoms with E-state index in [1.807, 2.05) is 19.1 Å². The number of hydrogen-bond acceptors (Lipinski definition) is 5. The van der Waals surface area contributed by atoms with E-state index in [0.29, 0.717) is 17.0 Å². The number of anilines is 1. The maximum Gasteiger partial charge on any atom is 0.331 e. The molecule has 27 heavy (non-hydrogen) atoms.